The number of halogens is 3. The third-order valence-electron chi connectivity index (χ3n) is 4.98. The number of carbonyl (C=O) groups excluding carboxylic acids is 2. The number of carbonyl (C=O) groups is 2. The molecular weight excluding hydrogens is 347 g/mol. The maximum atomic E-state index is 13.1. The Kier molecular flexibility index (Phi) is 5.50. The van der Waals surface area contributed by atoms with Crippen molar-refractivity contribution >= 4 is 11.8 Å². The van der Waals surface area contributed by atoms with Crippen molar-refractivity contribution in [3.05, 3.63) is 35.4 Å². The van der Waals surface area contributed by atoms with E-state index in [0.717, 1.165) is 25.5 Å². The standard InChI is InChI=1S/C18H22F3N3O2/c19-18(20,21)15-6-2-1-4-13(15)10-16(25)23-8-3-5-14(12-23)24-9-7-22-11-17(24)26/h1-2,4,6,14,22H,3,5,7-12H2. The molecule has 3 rings (SSSR count). The summed E-state index contributed by atoms with van der Waals surface area (Å²) in [5.74, 6) is -0.313. The van der Waals surface area contributed by atoms with Crippen molar-refractivity contribution in [2.45, 2.75) is 31.5 Å². The van der Waals surface area contributed by atoms with Crippen LogP contribution in [0, 0.1) is 0 Å². The first-order valence-corrected chi connectivity index (χ1v) is 8.79. The Bertz CT molecular complexity index is 678. The van der Waals surface area contributed by atoms with Crippen molar-refractivity contribution in [3.63, 3.8) is 0 Å². The predicted octanol–water partition coefficient (Wildman–Crippen LogP) is 1.67. The summed E-state index contributed by atoms with van der Waals surface area (Å²) in [5, 5.41) is 3.01. The number of piperazine rings is 1. The molecule has 26 heavy (non-hydrogen) atoms. The van der Waals surface area contributed by atoms with E-state index in [1.165, 1.54) is 18.2 Å². The highest BCUT2D eigenvalue weighted by atomic mass is 19.4. The molecule has 0 aromatic heterocycles. The molecule has 5 nitrogen and oxygen atoms in total. The smallest absolute Gasteiger partial charge is 0.340 e. The molecule has 0 saturated carbocycles. The molecule has 2 aliphatic heterocycles. The van der Waals surface area contributed by atoms with Crippen LogP contribution >= 0.6 is 0 Å². The number of nitrogens with zero attached hydrogens (tertiary/aromatic N) is 2. The van der Waals surface area contributed by atoms with Crippen molar-refractivity contribution in [2.75, 3.05) is 32.7 Å². The molecule has 1 atom stereocenters. The van der Waals surface area contributed by atoms with Gasteiger partial charge in [0.05, 0.1) is 18.5 Å². The summed E-state index contributed by atoms with van der Waals surface area (Å²) >= 11 is 0. The number of rotatable bonds is 3. The lowest BCUT2D eigenvalue weighted by molar-refractivity contribution is -0.141. The fraction of sp³-hybridized carbons (Fsp3) is 0.556. The van der Waals surface area contributed by atoms with Gasteiger partial charge in [0, 0.05) is 32.2 Å². The molecule has 1 aromatic carbocycles. The number of hydrogen-bond donors (Lipinski definition) is 1. The van der Waals surface area contributed by atoms with Crippen LogP contribution in [0.4, 0.5) is 13.2 Å². The zero-order chi connectivity index (χ0) is 18.7. The van der Waals surface area contributed by atoms with Crippen molar-refractivity contribution in [2.24, 2.45) is 0 Å². The second-order valence-corrected chi connectivity index (χ2v) is 6.73. The van der Waals surface area contributed by atoms with Crippen LogP contribution in [0.5, 0.6) is 0 Å². The van der Waals surface area contributed by atoms with Crippen LogP contribution in [-0.4, -0.2) is 60.4 Å². The number of alkyl halides is 3. The first-order valence-electron chi connectivity index (χ1n) is 8.79. The summed E-state index contributed by atoms with van der Waals surface area (Å²) in [6.45, 7) is 2.52. The highest BCUT2D eigenvalue weighted by Gasteiger charge is 2.35. The van der Waals surface area contributed by atoms with Gasteiger partial charge in [0.1, 0.15) is 0 Å². The molecular formula is C18H22F3N3O2. The number of nitrogens with one attached hydrogen (secondary N) is 1. The Balaban J connectivity index is 1.68. The molecule has 0 radical (unpaired) electrons. The van der Waals surface area contributed by atoms with Crippen molar-refractivity contribution in [3.8, 4) is 0 Å². The van der Waals surface area contributed by atoms with Gasteiger partial charge in [-0.15, -0.1) is 0 Å². The topological polar surface area (TPSA) is 52.7 Å². The van der Waals surface area contributed by atoms with Gasteiger partial charge in [0.2, 0.25) is 11.8 Å². The van der Waals surface area contributed by atoms with Crippen LogP contribution < -0.4 is 5.32 Å². The molecule has 0 spiro atoms. The van der Waals surface area contributed by atoms with Crippen molar-refractivity contribution in [1.29, 1.82) is 0 Å². The average Bonchev–Trinajstić information content (AvgIpc) is 2.62. The zero-order valence-corrected chi connectivity index (χ0v) is 14.4. The molecule has 0 aliphatic carbocycles. The van der Waals surface area contributed by atoms with Gasteiger partial charge in [0.15, 0.2) is 0 Å². The molecule has 2 amide bonds. The highest BCUT2D eigenvalue weighted by molar-refractivity contribution is 5.81. The lowest BCUT2D eigenvalue weighted by Gasteiger charge is -2.41. The lowest BCUT2D eigenvalue weighted by Crippen LogP contribution is -2.57. The lowest BCUT2D eigenvalue weighted by atomic mass is 10.00. The fourth-order valence-electron chi connectivity index (χ4n) is 3.67. The Morgan fingerprint density at radius 1 is 1.23 bits per heavy atom. The highest BCUT2D eigenvalue weighted by Crippen LogP contribution is 2.32. The minimum absolute atomic E-state index is 0.00891. The Labute approximate surface area is 150 Å². The van der Waals surface area contributed by atoms with Crippen molar-refractivity contribution in [1.82, 2.24) is 15.1 Å². The maximum Gasteiger partial charge on any atom is 0.416 e. The molecule has 142 valence electrons. The maximum absolute atomic E-state index is 13.1. The van der Waals surface area contributed by atoms with E-state index in [0.29, 0.717) is 26.2 Å². The monoisotopic (exact) mass is 369 g/mol. The third-order valence-corrected chi connectivity index (χ3v) is 4.98. The normalized spacial score (nSPS) is 21.8. The number of piperidine rings is 1. The van der Waals surface area contributed by atoms with Gasteiger partial charge >= 0.3 is 6.18 Å². The van der Waals surface area contributed by atoms with Crippen LogP contribution in [0.25, 0.3) is 0 Å². The number of amides is 2. The number of hydrogen-bond acceptors (Lipinski definition) is 3. The van der Waals surface area contributed by atoms with Crippen molar-refractivity contribution < 1.29 is 22.8 Å². The summed E-state index contributed by atoms with van der Waals surface area (Å²) in [7, 11) is 0. The molecule has 1 aromatic rings. The van der Waals surface area contributed by atoms with E-state index in [1.54, 1.807) is 9.80 Å². The van der Waals surface area contributed by atoms with E-state index in [4.69, 9.17) is 0 Å². The molecule has 0 bridgehead atoms. The number of likely N-dealkylation sites (tertiary alicyclic amines) is 1. The van der Waals surface area contributed by atoms with Gasteiger partial charge in [-0.25, -0.2) is 0 Å². The first kappa shape index (κ1) is 18.7. The van der Waals surface area contributed by atoms with E-state index in [1.807, 2.05) is 0 Å². The Morgan fingerprint density at radius 2 is 2.00 bits per heavy atom. The average molecular weight is 369 g/mol. The zero-order valence-electron chi connectivity index (χ0n) is 14.4. The van der Waals surface area contributed by atoms with E-state index >= 15 is 0 Å². The van der Waals surface area contributed by atoms with Gasteiger partial charge < -0.3 is 15.1 Å². The molecule has 2 saturated heterocycles. The quantitative estimate of drug-likeness (QED) is 0.882. The Morgan fingerprint density at radius 3 is 2.73 bits per heavy atom. The van der Waals surface area contributed by atoms with Crippen LogP contribution in [-0.2, 0) is 22.2 Å². The van der Waals surface area contributed by atoms with Gasteiger partial charge in [-0.3, -0.25) is 9.59 Å². The fourth-order valence-corrected chi connectivity index (χ4v) is 3.67. The van der Waals surface area contributed by atoms with E-state index in [-0.39, 0.29) is 29.8 Å². The molecule has 1 unspecified atom stereocenters. The summed E-state index contributed by atoms with van der Waals surface area (Å²) in [4.78, 5) is 28.0. The van der Waals surface area contributed by atoms with Gasteiger partial charge in [0.25, 0.3) is 0 Å². The predicted molar refractivity (Wildman–Crippen MR) is 89.3 cm³/mol. The van der Waals surface area contributed by atoms with Crippen LogP contribution in [0.15, 0.2) is 24.3 Å². The second kappa shape index (κ2) is 7.65. The van der Waals surface area contributed by atoms with Gasteiger partial charge in [-0.1, -0.05) is 18.2 Å². The summed E-state index contributed by atoms with van der Waals surface area (Å²) in [6.07, 6.45) is -3.20. The van der Waals surface area contributed by atoms with E-state index < -0.39 is 11.7 Å². The van der Waals surface area contributed by atoms with E-state index in [2.05, 4.69) is 5.32 Å². The van der Waals surface area contributed by atoms with Gasteiger partial charge in [-0.2, -0.15) is 13.2 Å². The molecule has 8 heteroatoms. The summed E-state index contributed by atoms with van der Waals surface area (Å²) in [5.41, 5.74) is -0.774. The van der Waals surface area contributed by atoms with Crippen LogP contribution in [0.2, 0.25) is 0 Å². The van der Waals surface area contributed by atoms with Crippen LogP contribution in [0.3, 0.4) is 0 Å². The molecule has 2 aliphatic rings. The molecule has 1 N–H and O–H groups in total. The summed E-state index contributed by atoms with van der Waals surface area (Å²) < 4.78 is 39.3. The van der Waals surface area contributed by atoms with Gasteiger partial charge in [-0.05, 0) is 24.5 Å². The SMILES string of the molecule is O=C(Cc1ccccc1C(F)(F)F)N1CCCC(N2CCNCC2=O)C1. The largest absolute Gasteiger partial charge is 0.416 e. The minimum atomic E-state index is -4.48. The second-order valence-electron chi connectivity index (χ2n) is 6.73. The van der Waals surface area contributed by atoms with Crippen LogP contribution in [0.1, 0.15) is 24.0 Å². The first-order chi connectivity index (χ1) is 12.4. The third kappa shape index (κ3) is 4.17. The summed E-state index contributed by atoms with van der Waals surface area (Å²) in [6, 6.07) is 5.13. The minimum Gasteiger partial charge on any atom is -0.340 e. The number of benzene rings is 1. The molecule has 2 heterocycles. The Hall–Kier alpha value is -2.09. The molecule has 2 fully saturated rings. The van der Waals surface area contributed by atoms with E-state index in [9.17, 15) is 22.8 Å².